The summed E-state index contributed by atoms with van der Waals surface area (Å²) in [5.41, 5.74) is 16.0. The Morgan fingerprint density at radius 3 is 1.04 bits per heavy atom. The maximum atomic E-state index is 5.39. The topological polar surface area (TPSA) is 96.5 Å². The van der Waals surface area contributed by atoms with E-state index in [0.717, 1.165) is 52.1 Å². The van der Waals surface area contributed by atoms with Gasteiger partial charge in [-0.15, -0.1) is 0 Å². The number of unbranched alkanes of at least 4 members (excludes halogenated alkanes) is 9. The molecule has 6 N–H and O–H groups in total. The van der Waals surface area contributed by atoms with E-state index in [1.165, 1.54) is 57.8 Å². The van der Waals surface area contributed by atoms with Gasteiger partial charge in [-0.1, -0.05) is 51.9 Å². The summed E-state index contributed by atoms with van der Waals surface area (Å²) in [6, 6.07) is 0. The Kier molecular flexibility index (Phi) is 41.4. The third-order valence-electron chi connectivity index (χ3n) is 3.62. The second-order valence-corrected chi connectivity index (χ2v) is 6.24. The minimum atomic E-state index is 0.824. The van der Waals surface area contributed by atoms with Crippen molar-refractivity contribution in [3.63, 3.8) is 0 Å². The number of ether oxygens (including phenoxy) is 2. The number of rotatable bonds is 16. The lowest BCUT2D eigenvalue weighted by Gasteiger charge is -2.00. The van der Waals surface area contributed by atoms with Gasteiger partial charge in [0.15, 0.2) is 0 Å². The van der Waals surface area contributed by atoms with E-state index >= 15 is 0 Å². The lowest BCUT2D eigenvalue weighted by atomic mass is 10.1. The van der Waals surface area contributed by atoms with Crippen molar-refractivity contribution in [3.05, 3.63) is 0 Å². The molecule has 0 aromatic heterocycles. The third-order valence-corrected chi connectivity index (χ3v) is 3.62. The number of methoxy groups -OCH3 is 2. The predicted molar refractivity (Wildman–Crippen MR) is 112 cm³/mol. The molecule has 5 nitrogen and oxygen atoms in total. The summed E-state index contributed by atoms with van der Waals surface area (Å²) in [7, 11) is 3.48. The maximum absolute atomic E-state index is 5.39. The fraction of sp³-hybridized carbons (Fsp3) is 1.00. The molecule has 0 heterocycles. The normalized spacial score (nSPS) is 9.84. The zero-order valence-electron chi connectivity index (χ0n) is 17.6. The molecular formula is C20H49N3O2. The molecule has 0 atom stereocenters. The summed E-state index contributed by atoms with van der Waals surface area (Å²) in [5, 5.41) is 0. The summed E-state index contributed by atoms with van der Waals surface area (Å²) >= 11 is 0. The average molecular weight is 364 g/mol. The van der Waals surface area contributed by atoms with Crippen molar-refractivity contribution < 1.29 is 9.47 Å². The molecule has 0 aromatic rings. The molecule has 0 amide bonds. The largest absolute Gasteiger partial charge is 0.385 e. The highest BCUT2D eigenvalue weighted by molar-refractivity contribution is 4.46. The first-order chi connectivity index (χ1) is 12.2. The third kappa shape index (κ3) is 45.3. The summed E-state index contributed by atoms with van der Waals surface area (Å²) in [6.45, 7) is 6.39. The molecule has 0 saturated heterocycles. The van der Waals surface area contributed by atoms with Crippen molar-refractivity contribution >= 4 is 0 Å². The van der Waals surface area contributed by atoms with E-state index in [2.05, 4.69) is 6.92 Å². The van der Waals surface area contributed by atoms with Gasteiger partial charge in [0, 0.05) is 27.4 Å². The molecule has 0 aromatic carbocycles. The van der Waals surface area contributed by atoms with Crippen molar-refractivity contribution in [2.24, 2.45) is 17.2 Å². The van der Waals surface area contributed by atoms with Crippen LogP contribution >= 0.6 is 0 Å². The van der Waals surface area contributed by atoms with Gasteiger partial charge in [-0.25, -0.2) is 0 Å². The van der Waals surface area contributed by atoms with Gasteiger partial charge in [-0.2, -0.15) is 0 Å². The van der Waals surface area contributed by atoms with E-state index in [0.29, 0.717) is 0 Å². The summed E-state index contributed by atoms with van der Waals surface area (Å²) in [4.78, 5) is 0. The molecule has 0 aliphatic carbocycles. The first-order valence-electron chi connectivity index (χ1n) is 10.3. The molecule has 5 heteroatoms. The smallest absolute Gasteiger partial charge is 0.0462 e. The summed E-state index contributed by atoms with van der Waals surface area (Å²) in [5.74, 6) is 0. The van der Waals surface area contributed by atoms with E-state index in [1.54, 1.807) is 14.2 Å². The SMILES string of the molecule is CCCOC.COCCCCCCCCCN.NCCCCCCN. The monoisotopic (exact) mass is 363 g/mol. The number of hydrogen-bond acceptors (Lipinski definition) is 5. The Hall–Kier alpha value is -0.200. The molecule has 0 saturated carbocycles. The Morgan fingerprint density at radius 2 is 0.800 bits per heavy atom. The van der Waals surface area contributed by atoms with Gasteiger partial charge >= 0.3 is 0 Å². The van der Waals surface area contributed by atoms with Crippen LogP contribution in [0, 0.1) is 0 Å². The summed E-state index contributed by atoms with van der Waals surface area (Å²) in [6.07, 6.45) is 15.0. The van der Waals surface area contributed by atoms with Gasteiger partial charge in [-0.05, 0) is 51.7 Å². The predicted octanol–water partition coefficient (Wildman–Crippen LogP) is 3.83. The fourth-order valence-electron chi connectivity index (χ4n) is 2.12. The highest BCUT2D eigenvalue weighted by Crippen LogP contribution is 2.06. The lowest BCUT2D eigenvalue weighted by molar-refractivity contribution is 0.192. The molecule has 156 valence electrons. The number of hydrogen-bond donors (Lipinski definition) is 3. The fourth-order valence-corrected chi connectivity index (χ4v) is 2.12. The van der Waals surface area contributed by atoms with Crippen molar-refractivity contribution in [2.75, 3.05) is 47.1 Å². The second kappa shape index (κ2) is 35.0. The van der Waals surface area contributed by atoms with E-state index < -0.39 is 0 Å². The lowest BCUT2D eigenvalue weighted by Crippen LogP contribution is -2.00. The first kappa shape index (κ1) is 29.6. The van der Waals surface area contributed by atoms with Crippen LogP contribution in [-0.4, -0.2) is 47.1 Å². The van der Waals surface area contributed by atoms with Gasteiger partial charge in [-0.3, -0.25) is 0 Å². The van der Waals surface area contributed by atoms with Gasteiger partial charge in [0.25, 0.3) is 0 Å². The van der Waals surface area contributed by atoms with Crippen LogP contribution in [0.3, 0.4) is 0 Å². The maximum Gasteiger partial charge on any atom is 0.0462 e. The zero-order chi connectivity index (χ0) is 19.4. The minimum Gasteiger partial charge on any atom is -0.385 e. The highest BCUT2D eigenvalue weighted by atomic mass is 16.5. The molecule has 0 unspecified atom stereocenters. The van der Waals surface area contributed by atoms with Crippen LogP contribution in [0.1, 0.15) is 84.0 Å². The first-order valence-corrected chi connectivity index (χ1v) is 10.3. The quantitative estimate of drug-likeness (QED) is 0.362. The standard InChI is InChI=1S/C10H23NO.C6H16N2.C4H10O/c1-12-10-8-6-4-2-3-5-7-9-11;7-5-3-1-2-4-6-8;1-3-4-5-2/h2-11H2,1H3;1-8H2;3-4H2,1-2H3. The van der Waals surface area contributed by atoms with E-state index in [-0.39, 0.29) is 0 Å². The second-order valence-electron chi connectivity index (χ2n) is 6.24. The Labute approximate surface area is 158 Å². The molecule has 0 radical (unpaired) electrons. The van der Waals surface area contributed by atoms with Crippen LogP contribution in [0.4, 0.5) is 0 Å². The molecule has 0 bridgehead atoms. The van der Waals surface area contributed by atoms with Crippen LogP contribution < -0.4 is 17.2 Å². The van der Waals surface area contributed by atoms with Gasteiger partial charge < -0.3 is 26.7 Å². The van der Waals surface area contributed by atoms with E-state index in [1.807, 2.05) is 0 Å². The molecule has 25 heavy (non-hydrogen) atoms. The average Bonchev–Trinajstić information content (AvgIpc) is 2.63. The van der Waals surface area contributed by atoms with Crippen molar-refractivity contribution in [3.8, 4) is 0 Å². The van der Waals surface area contributed by atoms with E-state index in [4.69, 9.17) is 26.7 Å². The van der Waals surface area contributed by atoms with Crippen LogP contribution in [0.2, 0.25) is 0 Å². The van der Waals surface area contributed by atoms with E-state index in [9.17, 15) is 0 Å². The molecule has 0 fully saturated rings. The Bertz CT molecular complexity index is 166. The number of nitrogens with two attached hydrogens (primary N) is 3. The Morgan fingerprint density at radius 1 is 0.480 bits per heavy atom. The van der Waals surface area contributed by atoms with Crippen LogP contribution in [0.25, 0.3) is 0 Å². The highest BCUT2D eigenvalue weighted by Gasteiger charge is 1.90. The van der Waals surface area contributed by atoms with Crippen LogP contribution in [0.15, 0.2) is 0 Å². The van der Waals surface area contributed by atoms with Crippen LogP contribution in [0.5, 0.6) is 0 Å². The van der Waals surface area contributed by atoms with Crippen molar-refractivity contribution in [2.45, 2.75) is 84.0 Å². The molecule has 0 spiro atoms. The molecular weight excluding hydrogens is 314 g/mol. The van der Waals surface area contributed by atoms with Gasteiger partial charge in [0.05, 0.1) is 0 Å². The molecule has 0 rings (SSSR count). The van der Waals surface area contributed by atoms with Gasteiger partial charge in [0.2, 0.25) is 0 Å². The Balaban J connectivity index is -0.000000321. The van der Waals surface area contributed by atoms with Crippen LogP contribution in [-0.2, 0) is 9.47 Å². The zero-order valence-corrected chi connectivity index (χ0v) is 17.6. The molecule has 0 aliphatic rings. The minimum absolute atomic E-state index is 0.824. The molecule has 0 aliphatic heterocycles. The van der Waals surface area contributed by atoms with Crippen molar-refractivity contribution in [1.82, 2.24) is 0 Å². The summed E-state index contributed by atoms with van der Waals surface area (Å²) < 4.78 is 9.66. The van der Waals surface area contributed by atoms with Gasteiger partial charge in [0.1, 0.15) is 0 Å². The van der Waals surface area contributed by atoms with Crippen molar-refractivity contribution in [1.29, 1.82) is 0 Å².